The lowest BCUT2D eigenvalue weighted by molar-refractivity contribution is 0.238. The molecule has 1 fully saturated rings. The van der Waals surface area contributed by atoms with Crippen molar-refractivity contribution >= 4 is 19.7 Å². The van der Waals surface area contributed by atoms with Crippen molar-refractivity contribution in [3.8, 4) is 5.75 Å². The normalized spacial score (nSPS) is 16.8. The molecule has 0 amide bonds. The Morgan fingerprint density at radius 1 is 1.21 bits per heavy atom. The molecule has 7 heteroatoms. The van der Waals surface area contributed by atoms with Crippen LogP contribution in [0.4, 0.5) is 8.78 Å². The van der Waals surface area contributed by atoms with Crippen LogP contribution < -0.4 is 4.74 Å². The zero-order valence-corrected chi connectivity index (χ0v) is 11.6. The van der Waals surface area contributed by atoms with Crippen LogP contribution in [0.15, 0.2) is 17.0 Å². The van der Waals surface area contributed by atoms with Gasteiger partial charge >= 0.3 is 0 Å². The van der Waals surface area contributed by atoms with E-state index in [0.29, 0.717) is 12.5 Å². The molecule has 0 heterocycles. The summed E-state index contributed by atoms with van der Waals surface area (Å²) in [6.45, 7) is 0.309. The molecular formula is C12H13ClF2O3S. The highest BCUT2D eigenvalue weighted by Crippen LogP contribution is 2.30. The monoisotopic (exact) mass is 310 g/mol. The molecule has 2 rings (SSSR count). The lowest BCUT2D eigenvalue weighted by Gasteiger charge is -2.12. The molecule has 0 saturated heterocycles. The van der Waals surface area contributed by atoms with E-state index in [2.05, 4.69) is 0 Å². The van der Waals surface area contributed by atoms with Crippen molar-refractivity contribution in [3.05, 3.63) is 23.8 Å². The molecule has 0 N–H and O–H groups in total. The van der Waals surface area contributed by atoms with Gasteiger partial charge in [-0.25, -0.2) is 12.8 Å². The van der Waals surface area contributed by atoms with Crippen molar-refractivity contribution in [1.82, 2.24) is 0 Å². The summed E-state index contributed by atoms with van der Waals surface area (Å²) < 4.78 is 54.4. The minimum Gasteiger partial charge on any atom is -0.490 e. The molecule has 1 aromatic rings. The third kappa shape index (κ3) is 3.36. The predicted octanol–water partition coefficient (Wildman–Crippen LogP) is 3.46. The Kier molecular flexibility index (Phi) is 4.30. The van der Waals surface area contributed by atoms with E-state index in [9.17, 15) is 17.2 Å². The van der Waals surface area contributed by atoms with E-state index in [4.69, 9.17) is 15.4 Å². The summed E-state index contributed by atoms with van der Waals surface area (Å²) in [5, 5.41) is 0. The van der Waals surface area contributed by atoms with Crippen molar-refractivity contribution in [2.45, 2.75) is 30.6 Å². The molecule has 1 aliphatic rings. The van der Waals surface area contributed by atoms with E-state index in [1.807, 2.05) is 0 Å². The van der Waals surface area contributed by atoms with Crippen LogP contribution in [0, 0.1) is 17.6 Å². The fourth-order valence-corrected chi connectivity index (χ4v) is 3.09. The summed E-state index contributed by atoms with van der Waals surface area (Å²) in [5.41, 5.74) is 0. The SMILES string of the molecule is O=S(=O)(Cl)c1ccc(OCC2CCCC2)c(F)c1F. The van der Waals surface area contributed by atoms with Gasteiger partial charge in [-0.1, -0.05) is 12.8 Å². The quantitative estimate of drug-likeness (QED) is 0.800. The Hall–Kier alpha value is -0.880. The average Bonchev–Trinajstić information content (AvgIpc) is 2.82. The highest BCUT2D eigenvalue weighted by atomic mass is 35.7. The van der Waals surface area contributed by atoms with Gasteiger partial charge < -0.3 is 4.74 Å². The van der Waals surface area contributed by atoms with Crippen LogP contribution in [0.25, 0.3) is 0 Å². The Bertz CT molecular complexity index is 569. The largest absolute Gasteiger partial charge is 0.490 e. The molecule has 0 spiro atoms. The Balaban J connectivity index is 2.16. The molecule has 106 valence electrons. The molecular weight excluding hydrogens is 298 g/mol. The summed E-state index contributed by atoms with van der Waals surface area (Å²) in [4.78, 5) is -0.875. The Morgan fingerprint density at radius 3 is 2.42 bits per heavy atom. The van der Waals surface area contributed by atoms with Gasteiger partial charge in [0.25, 0.3) is 9.05 Å². The van der Waals surface area contributed by atoms with Crippen LogP contribution in [0.2, 0.25) is 0 Å². The fourth-order valence-electron chi connectivity index (χ4n) is 2.20. The maximum atomic E-state index is 13.6. The minimum absolute atomic E-state index is 0.284. The zero-order valence-electron chi connectivity index (χ0n) is 10.0. The van der Waals surface area contributed by atoms with Crippen molar-refractivity contribution < 1.29 is 21.9 Å². The second-order valence-corrected chi connectivity index (χ2v) is 7.12. The zero-order chi connectivity index (χ0) is 14.0. The van der Waals surface area contributed by atoms with Crippen molar-refractivity contribution in [2.24, 2.45) is 5.92 Å². The Labute approximate surface area is 114 Å². The lowest BCUT2D eigenvalue weighted by Crippen LogP contribution is -2.10. The van der Waals surface area contributed by atoms with Crippen LogP contribution in [0.5, 0.6) is 5.75 Å². The predicted molar refractivity (Wildman–Crippen MR) is 66.8 cm³/mol. The first-order valence-electron chi connectivity index (χ1n) is 5.95. The van der Waals surface area contributed by atoms with E-state index in [-0.39, 0.29) is 5.75 Å². The molecule has 0 aliphatic heterocycles. The molecule has 1 aliphatic carbocycles. The summed E-state index contributed by atoms with van der Waals surface area (Å²) >= 11 is 0. The van der Waals surface area contributed by atoms with E-state index >= 15 is 0 Å². The van der Waals surface area contributed by atoms with E-state index in [1.54, 1.807) is 0 Å². The second-order valence-electron chi connectivity index (χ2n) is 4.59. The molecule has 0 unspecified atom stereocenters. The second kappa shape index (κ2) is 5.63. The van der Waals surface area contributed by atoms with Gasteiger partial charge in [-0.3, -0.25) is 0 Å². The highest BCUT2D eigenvalue weighted by molar-refractivity contribution is 8.13. The first-order chi connectivity index (χ1) is 8.89. The number of hydrogen-bond acceptors (Lipinski definition) is 3. The summed E-state index contributed by atoms with van der Waals surface area (Å²) in [7, 11) is 0.692. The maximum Gasteiger partial charge on any atom is 0.264 e. The van der Waals surface area contributed by atoms with Gasteiger partial charge in [0, 0.05) is 10.7 Å². The topological polar surface area (TPSA) is 43.4 Å². The maximum absolute atomic E-state index is 13.6. The van der Waals surface area contributed by atoms with Crippen molar-refractivity contribution in [2.75, 3.05) is 6.61 Å². The summed E-state index contributed by atoms with van der Waals surface area (Å²) in [6.07, 6.45) is 4.26. The molecule has 0 radical (unpaired) electrons. The van der Waals surface area contributed by atoms with Gasteiger partial charge in [-0.2, -0.15) is 4.39 Å². The third-order valence-corrected chi connectivity index (χ3v) is 4.56. The molecule has 0 aromatic heterocycles. The first kappa shape index (κ1) is 14.5. The minimum atomic E-state index is -4.30. The third-order valence-electron chi connectivity index (χ3n) is 3.22. The Morgan fingerprint density at radius 2 is 1.84 bits per heavy atom. The smallest absolute Gasteiger partial charge is 0.264 e. The number of benzene rings is 1. The van der Waals surface area contributed by atoms with Gasteiger partial charge in [0.1, 0.15) is 4.90 Å². The molecule has 0 atom stereocenters. The van der Waals surface area contributed by atoms with Gasteiger partial charge in [-0.15, -0.1) is 0 Å². The van der Waals surface area contributed by atoms with Crippen LogP contribution in [0.3, 0.4) is 0 Å². The molecule has 19 heavy (non-hydrogen) atoms. The van der Waals surface area contributed by atoms with Crippen LogP contribution in [-0.2, 0) is 9.05 Å². The average molecular weight is 311 g/mol. The molecule has 3 nitrogen and oxygen atoms in total. The van der Waals surface area contributed by atoms with E-state index < -0.39 is 25.6 Å². The van der Waals surface area contributed by atoms with E-state index in [1.165, 1.54) is 0 Å². The van der Waals surface area contributed by atoms with Gasteiger partial charge in [0.05, 0.1) is 6.61 Å². The number of rotatable bonds is 4. The summed E-state index contributed by atoms with van der Waals surface area (Å²) in [5.74, 6) is -2.76. The molecule has 0 bridgehead atoms. The molecule has 1 aromatic carbocycles. The van der Waals surface area contributed by atoms with Crippen LogP contribution >= 0.6 is 10.7 Å². The standard InChI is InChI=1S/C12H13ClF2O3S/c13-19(16,17)10-6-5-9(11(14)12(10)15)18-7-8-3-1-2-4-8/h5-6,8H,1-4,7H2. The van der Waals surface area contributed by atoms with Gasteiger partial charge in [0.2, 0.25) is 5.82 Å². The first-order valence-corrected chi connectivity index (χ1v) is 8.26. The van der Waals surface area contributed by atoms with Gasteiger partial charge in [0.15, 0.2) is 11.6 Å². The summed E-state index contributed by atoms with van der Waals surface area (Å²) in [6, 6.07) is 1.99. The lowest BCUT2D eigenvalue weighted by atomic mass is 10.1. The van der Waals surface area contributed by atoms with Crippen LogP contribution in [-0.4, -0.2) is 15.0 Å². The van der Waals surface area contributed by atoms with E-state index in [0.717, 1.165) is 37.8 Å². The van der Waals surface area contributed by atoms with Crippen LogP contribution in [0.1, 0.15) is 25.7 Å². The highest BCUT2D eigenvalue weighted by Gasteiger charge is 2.23. The number of hydrogen-bond donors (Lipinski definition) is 0. The number of ether oxygens (including phenoxy) is 1. The van der Waals surface area contributed by atoms with Gasteiger partial charge in [-0.05, 0) is 30.9 Å². The van der Waals surface area contributed by atoms with Crippen molar-refractivity contribution in [1.29, 1.82) is 0 Å². The van der Waals surface area contributed by atoms with Crippen molar-refractivity contribution in [3.63, 3.8) is 0 Å². The fraction of sp³-hybridized carbons (Fsp3) is 0.500. The molecule has 1 saturated carbocycles. The number of halogens is 3.